The van der Waals surface area contributed by atoms with E-state index in [1.54, 1.807) is 24.5 Å². The minimum absolute atomic E-state index is 0.0442. The number of carbonyl (C=O) groups excluding carboxylic acids is 1. The normalized spacial score (nSPS) is 17.4. The van der Waals surface area contributed by atoms with Gasteiger partial charge in [-0.1, -0.05) is 35.5 Å². The summed E-state index contributed by atoms with van der Waals surface area (Å²) in [5.74, 6) is 1.00. The van der Waals surface area contributed by atoms with Crippen LogP contribution in [0.4, 0.5) is 0 Å². The zero-order valence-corrected chi connectivity index (χ0v) is 13.7. The highest BCUT2D eigenvalue weighted by Crippen LogP contribution is 2.32. The van der Waals surface area contributed by atoms with Crippen molar-refractivity contribution in [3.63, 3.8) is 0 Å². The van der Waals surface area contributed by atoms with Gasteiger partial charge in [0, 0.05) is 24.5 Å². The molecule has 1 aliphatic heterocycles. The maximum Gasteiger partial charge on any atom is 0.256 e. The van der Waals surface area contributed by atoms with Crippen molar-refractivity contribution in [3.8, 4) is 11.4 Å². The second-order valence-electron chi connectivity index (χ2n) is 6.07. The fourth-order valence-electron chi connectivity index (χ4n) is 3.16. The third-order valence-electron chi connectivity index (χ3n) is 4.43. The Bertz CT molecular complexity index is 848. The van der Waals surface area contributed by atoms with Crippen molar-refractivity contribution >= 4 is 5.91 Å². The zero-order chi connectivity index (χ0) is 17.1. The van der Waals surface area contributed by atoms with Crippen molar-refractivity contribution in [1.29, 1.82) is 0 Å². The highest BCUT2D eigenvalue weighted by Gasteiger charge is 2.32. The third kappa shape index (κ3) is 3.15. The van der Waals surface area contributed by atoms with E-state index in [2.05, 4.69) is 15.1 Å². The Kier molecular flexibility index (Phi) is 4.24. The molecule has 0 radical (unpaired) electrons. The van der Waals surface area contributed by atoms with Crippen LogP contribution in [-0.2, 0) is 0 Å². The summed E-state index contributed by atoms with van der Waals surface area (Å²) in [5, 5.41) is 4.09. The van der Waals surface area contributed by atoms with E-state index in [9.17, 15) is 4.79 Å². The van der Waals surface area contributed by atoms with E-state index in [1.807, 2.05) is 35.2 Å². The summed E-state index contributed by atoms with van der Waals surface area (Å²) in [6.45, 7) is 0.682. The molecule has 1 aromatic carbocycles. The van der Waals surface area contributed by atoms with Gasteiger partial charge in [-0.25, -0.2) is 0 Å². The highest BCUT2D eigenvalue weighted by molar-refractivity contribution is 5.94. The quantitative estimate of drug-likeness (QED) is 0.733. The number of rotatable bonds is 3. The van der Waals surface area contributed by atoms with Crippen LogP contribution in [0.5, 0.6) is 0 Å². The van der Waals surface area contributed by atoms with Gasteiger partial charge in [0.15, 0.2) is 0 Å². The number of carbonyl (C=O) groups is 1. The van der Waals surface area contributed by atoms with E-state index in [0.717, 1.165) is 24.8 Å². The topological polar surface area (TPSA) is 72.1 Å². The van der Waals surface area contributed by atoms with Gasteiger partial charge in [-0.15, -0.1) is 0 Å². The van der Waals surface area contributed by atoms with E-state index in [4.69, 9.17) is 4.52 Å². The standard InChI is InChI=1S/C19H18N4O2/c24-19(15-9-6-11-20-13-15)23-12-5-4-10-16(23)18-21-17(22-25-18)14-7-2-1-3-8-14/h1-3,6-9,11,13,16H,4-5,10,12H2/t16-/m1/s1. The Labute approximate surface area is 145 Å². The van der Waals surface area contributed by atoms with Gasteiger partial charge in [-0.2, -0.15) is 4.98 Å². The van der Waals surface area contributed by atoms with Gasteiger partial charge < -0.3 is 9.42 Å². The van der Waals surface area contributed by atoms with E-state index in [0.29, 0.717) is 23.8 Å². The molecule has 1 aliphatic rings. The Balaban J connectivity index is 1.62. The van der Waals surface area contributed by atoms with Crippen LogP contribution in [0.1, 0.15) is 41.6 Å². The molecule has 25 heavy (non-hydrogen) atoms. The average Bonchev–Trinajstić information content (AvgIpc) is 3.19. The minimum atomic E-state index is -0.189. The second-order valence-corrected chi connectivity index (χ2v) is 6.07. The van der Waals surface area contributed by atoms with Crippen LogP contribution in [0.15, 0.2) is 59.4 Å². The summed E-state index contributed by atoms with van der Waals surface area (Å²) in [6.07, 6.45) is 6.08. The molecule has 3 heterocycles. The van der Waals surface area contributed by atoms with E-state index in [-0.39, 0.29) is 11.9 Å². The van der Waals surface area contributed by atoms with Crippen LogP contribution < -0.4 is 0 Å². The second kappa shape index (κ2) is 6.84. The maximum atomic E-state index is 12.9. The molecule has 0 spiro atoms. The molecular weight excluding hydrogens is 316 g/mol. The summed E-state index contributed by atoms with van der Waals surface area (Å²) in [7, 11) is 0. The first kappa shape index (κ1) is 15.5. The molecular formula is C19H18N4O2. The number of hydrogen-bond donors (Lipinski definition) is 0. The Morgan fingerprint density at radius 1 is 1.12 bits per heavy atom. The molecule has 6 nitrogen and oxygen atoms in total. The van der Waals surface area contributed by atoms with Gasteiger partial charge in [0.05, 0.1) is 5.56 Å². The maximum absolute atomic E-state index is 12.9. The van der Waals surface area contributed by atoms with Crippen molar-refractivity contribution in [2.45, 2.75) is 25.3 Å². The van der Waals surface area contributed by atoms with Crippen LogP contribution in [0.3, 0.4) is 0 Å². The lowest BCUT2D eigenvalue weighted by Crippen LogP contribution is -2.38. The molecule has 126 valence electrons. The summed E-state index contributed by atoms with van der Waals surface area (Å²) < 4.78 is 5.50. The number of hydrogen-bond acceptors (Lipinski definition) is 5. The average molecular weight is 334 g/mol. The van der Waals surface area contributed by atoms with Crippen molar-refractivity contribution in [3.05, 3.63) is 66.3 Å². The summed E-state index contributed by atoms with van der Waals surface area (Å²) in [6, 6.07) is 13.1. The predicted octanol–water partition coefficient (Wildman–Crippen LogP) is 3.50. The number of pyridine rings is 1. The first-order valence-corrected chi connectivity index (χ1v) is 8.43. The fourth-order valence-corrected chi connectivity index (χ4v) is 3.16. The van der Waals surface area contributed by atoms with Gasteiger partial charge in [0.2, 0.25) is 11.7 Å². The van der Waals surface area contributed by atoms with Crippen LogP contribution in [0.25, 0.3) is 11.4 Å². The van der Waals surface area contributed by atoms with Crippen molar-refractivity contribution < 1.29 is 9.32 Å². The Morgan fingerprint density at radius 2 is 2.00 bits per heavy atom. The van der Waals surface area contributed by atoms with Crippen LogP contribution >= 0.6 is 0 Å². The molecule has 6 heteroatoms. The number of piperidine rings is 1. The van der Waals surface area contributed by atoms with Crippen molar-refractivity contribution in [1.82, 2.24) is 20.0 Å². The predicted molar refractivity (Wildman–Crippen MR) is 91.6 cm³/mol. The molecule has 4 rings (SSSR count). The van der Waals surface area contributed by atoms with E-state index in [1.165, 1.54) is 0 Å². The lowest BCUT2D eigenvalue weighted by Gasteiger charge is -2.33. The van der Waals surface area contributed by atoms with Crippen molar-refractivity contribution in [2.24, 2.45) is 0 Å². The highest BCUT2D eigenvalue weighted by atomic mass is 16.5. The minimum Gasteiger partial charge on any atom is -0.337 e. The zero-order valence-electron chi connectivity index (χ0n) is 13.7. The summed E-state index contributed by atoms with van der Waals surface area (Å²) in [5.41, 5.74) is 1.48. The third-order valence-corrected chi connectivity index (χ3v) is 4.43. The van der Waals surface area contributed by atoms with Crippen LogP contribution in [-0.4, -0.2) is 32.5 Å². The molecule has 1 atom stereocenters. The van der Waals surface area contributed by atoms with Gasteiger partial charge in [-0.3, -0.25) is 9.78 Å². The van der Waals surface area contributed by atoms with Crippen LogP contribution in [0.2, 0.25) is 0 Å². The van der Waals surface area contributed by atoms with E-state index < -0.39 is 0 Å². The summed E-state index contributed by atoms with van der Waals surface area (Å²) >= 11 is 0. The molecule has 3 aromatic rings. The van der Waals surface area contributed by atoms with Gasteiger partial charge in [0.25, 0.3) is 5.91 Å². The molecule has 0 unspecified atom stereocenters. The number of nitrogens with zero attached hydrogens (tertiary/aromatic N) is 4. The first-order valence-electron chi connectivity index (χ1n) is 8.43. The number of aromatic nitrogens is 3. The summed E-state index contributed by atoms with van der Waals surface area (Å²) in [4.78, 5) is 23.3. The van der Waals surface area contributed by atoms with E-state index >= 15 is 0 Å². The molecule has 1 amide bonds. The Hall–Kier alpha value is -3.02. The molecule has 0 aliphatic carbocycles. The SMILES string of the molecule is O=C(c1cccnc1)N1CCCC[C@@H]1c1nc(-c2ccccc2)no1. The molecule has 0 saturated carbocycles. The van der Waals surface area contributed by atoms with Gasteiger partial charge in [0.1, 0.15) is 6.04 Å². The number of amides is 1. The molecule has 1 fully saturated rings. The lowest BCUT2D eigenvalue weighted by atomic mass is 10.0. The lowest BCUT2D eigenvalue weighted by molar-refractivity contribution is 0.0561. The molecule has 0 bridgehead atoms. The Morgan fingerprint density at radius 3 is 2.80 bits per heavy atom. The van der Waals surface area contributed by atoms with Gasteiger partial charge in [-0.05, 0) is 31.4 Å². The van der Waals surface area contributed by atoms with Gasteiger partial charge >= 0.3 is 0 Å². The van der Waals surface area contributed by atoms with Crippen molar-refractivity contribution in [2.75, 3.05) is 6.54 Å². The number of likely N-dealkylation sites (tertiary alicyclic amines) is 1. The monoisotopic (exact) mass is 334 g/mol. The largest absolute Gasteiger partial charge is 0.337 e. The molecule has 0 N–H and O–H groups in total. The molecule has 1 saturated heterocycles. The van der Waals surface area contributed by atoms with Crippen LogP contribution in [0, 0.1) is 0 Å². The number of benzene rings is 1. The molecule has 2 aromatic heterocycles. The fraction of sp³-hybridized carbons (Fsp3) is 0.263. The smallest absolute Gasteiger partial charge is 0.256 e. The first-order chi connectivity index (χ1) is 12.3.